The predicted molar refractivity (Wildman–Crippen MR) is 89.6 cm³/mol. The summed E-state index contributed by atoms with van der Waals surface area (Å²) in [7, 11) is 0. The zero-order chi connectivity index (χ0) is 17.7. The Labute approximate surface area is 140 Å². The molecule has 0 bridgehead atoms. The predicted octanol–water partition coefficient (Wildman–Crippen LogP) is 1.38. The smallest absolute Gasteiger partial charge is 0.292 e. The molecule has 130 valence electrons. The number of hydrogen-bond acceptors (Lipinski definition) is 5. The van der Waals surface area contributed by atoms with Gasteiger partial charge in [-0.2, -0.15) is 0 Å². The van der Waals surface area contributed by atoms with Crippen LogP contribution in [0.5, 0.6) is 0 Å². The topological polar surface area (TPSA) is 105 Å². The molecule has 2 amide bonds. The summed E-state index contributed by atoms with van der Waals surface area (Å²) in [6, 6.07) is 6.44. The van der Waals surface area contributed by atoms with Gasteiger partial charge in [-0.15, -0.1) is 0 Å². The normalized spacial score (nSPS) is 17.2. The number of carbonyl (C=O) groups is 2. The lowest BCUT2D eigenvalue weighted by molar-refractivity contribution is -0.384. The highest BCUT2D eigenvalue weighted by Gasteiger charge is 2.35. The highest BCUT2D eigenvalue weighted by molar-refractivity contribution is 5.89. The monoisotopic (exact) mass is 334 g/mol. The molecule has 0 unspecified atom stereocenters. The van der Waals surface area contributed by atoms with E-state index in [2.05, 4.69) is 10.6 Å². The number of nitrogens with one attached hydrogen (secondary N) is 2. The molecule has 8 heteroatoms. The van der Waals surface area contributed by atoms with Crippen molar-refractivity contribution >= 4 is 23.2 Å². The second-order valence-corrected chi connectivity index (χ2v) is 6.03. The molecule has 1 aliphatic rings. The standard InChI is InChI=1S/C16H22N4O4/c1-11(2)19-10-12(9-15(19)21)16(22)18-8-7-17-13-5-3-4-6-14(13)20(23)24/h3-6,11-12,17H,7-10H2,1-2H3,(H,18,22)/t12-/m0/s1. The van der Waals surface area contributed by atoms with Crippen LogP contribution in [0.3, 0.4) is 0 Å². The average molecular weight is 334 g/mol. The summed E-state index contributed by atoms with van der Waals surface area (Å²) < 4.78 is 0. The van der Waals surface area contributed by atoms with E-state index in [-0.39, 0.29) is 35.9 Å². The van der Waals surface area contributed by atoms with Crippen LogP contribution < -0.4 is 10.6 Å². The summed E-state index contributed by atoms with van der Waals surface area (Å²) in [6.45, 7) is 4.99. The van der Waals surface area contributed by atoms with Gasteiger partial charge in [0, 0.05) is 38.2 Å². The van der Waals surface area contributed by atoms with Gasteiger partial charge >= 0.3 is 0 Å². The highest BCUT2D eigenvalue weighted by atomic mass is 16.6. The number of para-hydroxylation sites is 2. The second kappa shape index (κ2) is 7.76. The number of nitro benzene ring substituents is 1. The van der Waals surface area contributed by atoms with Gasteiger partial charge in [0.2, 0.25) is 11.8 Å². The van der Waals surface area contributed by atoms with E-state index in [0.29, 0.717) is 25.3 Å². The minimum absolute atomic E-state index is 0.00205. The lowest BCUT2D eigenvalue weighted by atomic mass is 10.1. The van der Waals surface area contributed by atoms with Crippen molar-refractivity contribution in [2.45, 2.75) is 26.3 Å². The number of benzene rings is 1. The van der Waals surface area contributed by atoms with Gasteiger partial charge in [-0.25, -0.2) is 0 Å². The van der Waals surface area contributed by atoms with Gasteiger partial charge < -0.3 is 15.5 Å². The molecule has 0 saturated carbocycles. The van der Waals surface area contributed by atoms with Crippen LogP contribution in [0.25, 0.3) is 0 Å². The molecule has 1 atom stereocenters. The summed E-state index contributed by atoms with van der Waals surface area (Å²) in [5.74, 6) is -0.481. The molecule has 8 nitrogen and oxygen atoms in total. The molecule has 1 fully saturated rings. The zero-order valence-electron chi connectivity index (χ0n) is 13.8. The van der Waals surface area contributed by atoms with Crippen molar-refractivity contribution in [2.75, 3.05) is 25.0 Å². The number of amides is 2. The third kappa shape index (κ3) is 4.21. The highest BCUT2D eigenvalue weighted by Crippen LogP contribution is 2.23. The number of nitro groups is 1. The molecular formula is C16H22N4O4. The summed E-state index contributed by atoms with van der Waals surface area (Å²) in [5, 5.41) is 16.6. The molecule has 0 spiro atoms. The maximum atomic E-state index is 12.1. The first-order chi connectivity index (χ1) is 11.4. The summed E-state index contributed by atoms with van der Waals surface area (Å²) in [6.07, 6.45) is 0.238. The zero-order valence-corrected chi connectivity index (χ0v) is 13.8. The van der Waals surface area contributed by atoms with Crippen LogP contribution in [-0.2, 0) is 9.59 Å². The Balaban J connectivity index is 1.78. The van der Waals surface area contributed by atoms with Gasteiger partial charge in [0.25, 0.3) is 5.69 Å². The Kier molecular flexibility index (Phi) is 5.73. The van der Waals surface area contributed by atoms with E-state index in [1.54, 1.807) is 23.1 Å². The van der Waals surface area contributed by atoms with Crippen LogP contribution >= 0.6 is 0 Å². The van der Waals surface area contributed by atoms with E-state index >= 15 is 0 Å². The van der Waals surface area contributed by atoms with Gasteiger partial charge in [0.1, 0.15) is 5.69 Å². The van der Waals surface area contributed by atoms with E-state index in [9.17, 15) is 19.7 Å². The number of hydrogen-bond donors (Lipinski definition) is 2. The van der Waals surface area contributed by atoms with Crippen molar-refractivity contribution in [3.8, 4) is 0 Å². The fourth-order valence-electron chi connectivity index (χ4n) is 2.72. The number of carbonyl (C=O) groups excluding carboxylic acids is 2. The maximum Gasteiger partial charge on any atom is 0.292 e. The van der Waals surface area contributed by atoms with Gasteiger partial charge in [0.05, 0.1) is 10.8 Å². The molecule has 0 radical (unpaired) electrons. The number of rotatable bonds is 7. The lowest BCUT2D eigenvalue weighted by Crippen LogP contribution is -2.37. The third-order valence-corrected chi connectivity index (χ3v) is 3.99. The Bertz CT molecular complexity index is 632. The van der Waals surface area contributed by atoms with Gasteiger partial charge in [-0.3, -0.25) is 19.7 Å². The summed E-state index contributed by atoms with van der Waals surface area (Å²) in [4.78, 5) is 36.1. The Morgan fingerprint density at radius 1 is 1.38 bits per heavy atom. The molecular weight excluding hydrogens is 312 g/mol. The second-order valence-electron chi connectivity index (χ2n) is 6.03. The van der Waals surface area contributed by atoms with E-state index in [1.165, 1.54) is 6.07 Å². The molecule has 2 N–H and O–H groups in total. The third-order valence-electron chi connectivity index (χ3n) is 3.99. The molecule has 2 rings (SSSR count). The summed E-state index contributed by atoms with van der Waals surface area (Å²) in [5.41, 5.74) is 0.413. The molecule has 1 heterocycles. The minimum atomic E-state index is -0.453. The SMILES string of the molecule is CC(C)N1C[C@@H](C(=O)NCCNc2ccccc2[N+](=O)[O-])CC1=O. The number of anilines is 1. The Hall–Kier alpha value is -2.64. The largest absolute Gasteiger partial charge is 0.378 e. The first-order valence-electron chi connectivity index (χ1n) is 7.94. The van der Waals surface area contributed by atoms with Crippen LogP contribution in [0, 0.1) is 16.0 Å². The molecule has 0 aromatic heterocycles. The molecule has 1 saturated heterocycles. The molecule has 0 aliphatic carbocycles. The fraction of sp³-hybridized carbons (Fsp3) is 0.500. The molecule has 1 aliphatic heterocycles. The van der Waals surface area contributed by atoms with Crippen LogP contribution in [0.15, 0.2) is 24.3 Å². The number of likely N-dealkylation sites (tertiary alicyclic amines) is 1. The molecule has 1 aromatic carbocycles. The van der Waals surface area contributed by atoms with Crippen molar-refractivity contribution in [1.29, 1.82) is 0 Å². The lowest BCUT2D eigenvalue weighted by Gasteiger charge is -2.20. The quantitative estimate of drug-likeness (QED) is 0.445. The maximum absolute atomic E-state index is 12.1. The van der Waals surface area contributed by atoms with Crippen molar-refractivity contribution in [1.82, 2.24) is 10.2 Å². The minimum Gasteiger partial charge on any atom is -0.378 e. The van der Waals surface area contributed by atoms with E-state index in [1.807, 2.05) is 13.8 Å². The Morgan fingerprint density at radius 2 is 2.08 bits per heavy atom. The van der Waals surface area contributed by atoms with E-state index in [0.717, 1.165) is 0 Å². The van der Waals surface area contributed by atoms with Crippen molar-refractivity contribution in [3.63, 3.8) is 0 Å². The number of nitrogens with zero attached hydrogens (tertiary/aromatic N) is 2. The van der Waals surface area contributed by atoms with Crippen molar-refractivity contribution in [2.24, 2.45) is 5.92 Å². The first kappa shape index (κ1) is 17.7. The molecule has 24 heavy (non-hydrogen) atoms. The summed E-state index contributed by atoms with van der Waals surface area (Å²) >= 11 is 0. The van der Waals surface area contributed by atoms with Crippen molar-refractivity contribution < 1.29 is 14.5 Å². The van der Waals surface area contributed by atoms with Gasteiger partial charge in [-0.05, 0) is 19.9 Å². The van der Waals surface area contributed by atoms with Crippen LogP contribution in [-0.4, -0.2) is 47.3 Å². The van der Waals surface area contributed by atoms with E-state index in [4.69, 9.17) is 0 Å². The van der Waals surface area contributed by atoms with Gasteiger partial charge in [-0.1, -0.05) is 12.1 Å². The van der Waals surface area contributed by atoms with Crippen LogP contribution in [0.1, 0.15) is 20.3 Å². The first-order valence-corrected chi connectivity index (χ1v) is 7.94. The van der Waals surface area contributed by atoms with E-state index < -0.39 is 4.92 Å². The van der Waals surface area contributed by atoms with Crippen LogP contribution in [0.2, 0.25) is 0 Å². The average Bonchev–Trinajstić information content (AvgIpc) is 2.94. The fourth-order valence-corrected chi connectivity index (χ4v) is 2.72. The molecule has 1 aromatic rings. The van der Waals surface area contributed by atoms with Gasteiger partial charge in [0.15, 0.2) is 0 Å². The van der Waals surface area contributed by atoms with Crippen LogP contribution in [0.4, 0.5) is 11.4 Å². The van der Waals surface area contributed by atoms with Crippen molar-refractivity contribution in [3.05, 3.63) is 34.4 Å². The Morgan fingerprint density at radius 3 is 2.71 bits per heavy atom.